The van der Waals surface area contributed by atoms with Gasteiger partial charge in [-0.05, 0) is 17.7 Å². The Balaban J connectivity index is 0.000000399. The highest BCUT2D eigenvalue weighted by Crippen LogP contribution is 2.20. The van der Waals surface area contributed by atoms with Crippen molar-refractivity contribution in [2.75, 3.05) is 17.3 Å². The van der Waals surface area contributed by atoms with Crippen LogP contribution in [0.1, 0.15) is 5.56 Å². The van der Waals surface area contributed by atoms with E-state index in [4.69, 9.17) is 21.9 Å². The number of nitrogens with one attached hydrogen (secondary N) is 1. The standard InChI is InChI=1S/C14H12ClN5.CH4O3S/c15-10-3-1-9(2-4-10)6-18-14-11-7-17-13(16)5-12(11)19-8-20-14;1-5(2,3)4/h1-5,7-8H,6H2,(H2,16,17)(H,18,19,20);1H3,(H,2,3,4). The van der Waals surface area contributed by atoms with Crippen LogP contribution in [0.2, 0.25) is 5.02 Å². The molecule has 0 aliphatic carbocycles. The van der Waals surface area contributed by atoms with Crippen LogP contribution in [0, 0.1) is 0 Å². The van der Waals surface area contributed by atoms with Crippen molar-refractivity contribution in [3.8, 4) is 0 Å². The molecule has 2 heterocycles. The molecule has 8 nitrogen and oxygen atoms in total. The topological polar surface area (TPSA) is 131 Å². The molecule has 0 atom stereocenters. The van der Waals surface area contributed by atoms with Crippen LogP contribution >= 0.6 is 11.6 Å². The van der Waals surface area contributed by atoms with Gasteiger partial charge in [0.15, 0.2) is 0 Å². The maximum atomic E-state index is 9.19. The first kappa shape index (κ1) is 18.8. The Morgan fingerprint density at radius 3 is 2.48 bits per heavy atom. The van der Waals surface area contributed by atoms with Crippen molar-refractivity contribution in [1.82, 2.24) is 15.0 Å². The van der Waals surface area contributed by atoms with E-state index >= 15 is 0 Å². The van der Waals surface area contributed by atoms with E-state index < -0.39 is 10.1 Å². The molecule has 0 bridgehead atoms. The molecule has 0 spiro atoms. The molecule has 1 aromatic carbocycles. The lowest BCUT2D eigenvalue weighted by molar-refractivity contribution is 0.490. The Bertz CT molecular complexity index is 957. The largest absolute Gasteiger partial charge is 0.384 e. The highest BCUT2D eigenvalue weighted by molar-refractivity contribution is 7.85. The van der Waals surface area contributed by atoms with Gasteiger partial charge in [-0.2, -0.15) is 8.42 Å². The lowest BCUT2D eigenvalue weighted by Gasteiger charge is -2.08. The Morgan fingerprint density at radius 1 is 1.20 bits per heavy atom. The lowest BCUT2D eigenvalue weighted by Crippen LogP contribution is -2.03. The summed E-state index contributed by atoms with van der Waals surface area (Å²) in [7, 11) is -3.67. The molecule has 0 aliphatic rings. The first-order valence-electron chi connectivity index (χ1n) is 6.99. The van der Waals surface area contributed by atoms with E-state index in [2.05, 4.69) is 20.3 Å². The number of hydrogen-bond acceptors (Lipinski definition) is 7. The molecule has 0 saturated heterocycles. The molecule has 25 heavy (non-hydrogen) atoms. The first-order chi connectivity index (χ1) is 11.7. The molecule has 132 valence electrons. The van der Waals surface area contributed by atoms with Crippen LogP contribution in [-0.4, -0.2) is 34.2 Å². The molecular formula is C15H16ClN5O3S. The van der Waals surface area contributed by atoms with Crippen molar-refractivity contribution in [3.63, 3.8) is 0 Å². The molecule has 0 unspecified atom stereocenters. The number of nitrogens with zero attached hydrogens (tertiary/aromatic N) is 3. The number of fused-ring (bicyclic) bond motifs is 1. The number of nitrogen functional groups attached to an aromatic ring is 1. The molecule has 0 amide bonds. The molecule has 2 aromatic heterocycles. The average Bonchev–Trinajstić information content (AvgIpc) is 2.52. The summed E-state index contributed by atoms with van der Waals surface area (Å²) in [4.78, 5) is 12.5. The predicted octanol–water partition coefficient (Wildman–Crippen LogP) is 2.38. The Morgan fingerprint density at radius 2 is 1.84 bits per heavy atom. The summed E-state index contributed by atoms with van der Waals surface area (Å²) < 4.78 is 25.9. The van der Waals surface area contributed by atoms with Crippen molar-refractivity contribution >= 4 is 44.3 Å². The number of benzene rings is 1. The second-order valence-corrected chi connectivity index (χ2v) is 6.96. The molecule has 10 heteroatoms. The summed E-state index contributed by atoms with van der Waals surface area (Å²) >= 11 is 5.86. The highest BCUT2D eigenvalue weighted by atomic mass is 35.5. The lowest BCUT2D eigenvalue weighted by atomic mass is 10.2. The normalized spacial score (nSPS) is 10.8. The minimum Gasteiger partial charge on any atom is -0.384 e. The summed E-state index contributed by atoms with van der Waals surface area (Å²) in [5, 5.41) is 4.83. The van der Waals surface area contributed by atoms with Gasteiger partial charge >= 0.3 is 0 Å². The Labute approximate surface area is 149 Å². The number of nitrogens with two attached hydrogens (primary N) is 1. The van der Waals surface area contributed by atoms with Crippen molar-refractivity contribution in [3.05, 3.63) is 53.4 Å². The van der Waals surface area contributed by atoms with Crippen LogP contribution in [0.15, 0.2) is 42.9 Å². The van der Waals surface area contributed by atoms with Crippen LogP contribution in [-0.2, 0) is 16.7 Å². The van der Waals surface area contributed by atoms with Crippen LogP contribution in [0.5, 0.6) is 0 Å². The third kappa shape index (κ3) is 6.49. The quantitative estimate of drug-likeness (QED) is 0.589. The molecule has 0 saturated carbocycles. The number of halogens is 1. The number of rotatable bonds is 3. The zero-order chi connectivity index (χ0) is 18.4. The molecule has 4 N–H and O–H groups in total. The summed E-state index contributed by atoms with van der Waals surface area (Å²) in [6.45, 7) is 0.646. The summed E-state index contributed by atoms with van der Waals surface area (Å²) in [6.07, 6.45) is 3.90. The monoisotopic (exact) mass is 381 g/mol. The molecule has 3 rings (SSSR count). The van der Waals surface area contributed by atoms with Crippen LogP contribution in [0.4, 0.5) is 11.6 Å². The summed E-state index contributed by atoms with van der Waals surface area (Å²) in [6, 6.07) is 9.38. The summed E-state index contributed by atoms with van der Waals surface area (Å²) in [5.41, 5.74) is 7.53. The third-order valence-electron chi connectivity index (χ3n) is 2.92. The van der Waals surface area contributed by atoms with E-state index in [1.165, 1.54) is 6.33 Å². The van der Waals surface area contributed by atoms with Crippen molar-refractivity contribution in [1.29, 1.82) is 0 Å². The predicted molar refractivity (Wildman–Crippen MR) is 98.0 cm³/mol. The zero-order valence-corrected chi connectivity index (χ0v) is 14.8. The maximum absolute atomic E-state index is 9.19. The minimum absolute atomic E-state index is 0.444. The maximum Gasteiger partial charge on any atom is 0.261 e. The van der Waals surface area contributed by atoms with Gasteiger partial charge < -0.3 is 11.1 Å². The average molecular weight is 382 g/mol. The number of aromatic nitrogens is 3. The number of pyridine rings is 1. The second kappa shape index (κ2) is 8.06. The third-order valence-corrected chi connectivity index (χ3v) is 3.17. The fourth-order valence-corrected chi connectivity index (χ4v) is 2.02. The van der Waals surface area contributed by atoms with Gasteiger partial charge in [0, 0.05) is 23.8 Å². The van der Waals surface area contributed by atoms with Gasteiger partial charge in [0.2, 0.25) is 0 Å². The van der Waals surface area contributed by atoms with E-state index in [9.17, 15) is 8.42 Å². The number of hydrogen-bond donors (Lipinski definition) is 3. The SMILES string of the molecule is CS(=O)(=O)O.Nc1cc2ncnc(NCc3ccc(Cl)cc3)c2cn1. The van der Waals surface area contributed by atoms with Crippen LogP contribution < -0.4 is 11.1 Å². The van der Waals surface area contributed by atoms with Crippen LogP contribution in [0.25, 0.3) is 10.9 Å². The highest BCUT2D eigenvalue weighted by Gasteiger charge is 2.04. The van der Waals surface area contributed by atoms with Gasteiger partial charge in [-0.3, -0.25) is 4.55 Å². The molecular weight excluding hydrogens is 366 g/mol. The van der Waals surface area contributed by atoms with E-state index in [1.54, 1.807) is 12.3 Å². The second-order valence-electron chi connectivity index (χ2n) is 5.06. The van der Waals surface area contributed by atoms with Crippen molar-refractivity contribution in [2.45, 2.75) is 6.54 Å². The van der Waals surface area contributed by atoms with Crippen molar-refractivity contribution < 1.29 is 13.0 Å². The first-order valence-corrected chi connectivity index (χ1v) is 9.22. The Kier molecular flexibility index (Phi) is 6.07. The molecule has 0 aliphatic heterocycles. The summed E-state index contributed by atoms with van der Waals surface area (Å²) in [5.74, 6) is 1.18. The Hall–Kier alpha value is -2.49. The van der Waals surface area contributed by atoms with Gasteiger partial charge in [0.1, 0.15) is 18.0 Å². The van der Waals surface area contributed by atoms with Gasteiger partial charge in [-0.25, -0.2) is 15.0 Å². The van der Waals surface area contributed by atoms with E-state index in [0.29, 0.717) is 18.6 Å². The molecule has 0 radical (unpaired) electrons. The van der Waals surface area contributed by atoms with Gasteiger partial charge in [0.05, 0.1) is 17.2 Å². The van der Waals surface area contributed by atoms with E-state index in [1.807, 2.05) is 24.3 Å². The van der Waals surface area contributed by atoms with Gasteiger partial charge in [0.25, 0.3) is 10.1 Å². The molecule has 0 fully saturated rings. The smallest absolute Gasteiger partial charge is 0.261 e. The van der Waals surface area contributed by atoms with Crippen LogP contribution in [0.3, 0.4) is 0 Å². The fraction of sp³-hybridized carbons (Fsp3) is 0.133. The van der Waals surface area contributed by atoms with Gasteiger partial charge in [-0.1, -0.05) is 23.7 Å². The van der Waals surface area contributed by atoms with E-state index in [-0.39, 0.29) is 0 Å². The van der Waals surface area contributed by atoms with Crippen molar-refractivity contribution in [2.24, 2.45) is 0 Å². The van der Waals surface area contributed by atoms with E-state index in [0.717, 1.165) is 27.3 Å². The zero-order valence-electron chi connectivity index (χ0n) is 13.2. The fourth-order valence-electron chi connectivity index (χ4n) is 1.90. The number of anilines is 2. The molecule has 3 aromatic rings. The minimum atomic E-state index is -3.67. The van der Waals surface area contributed by atoms with Gasteiger partial charge in [-0.15, -0.1) is 0 Å².